The Bertz CT molecular complexity index is 955. The van der Waals surface area contributed by atoms with Gasteiger partial charge in [0.25, 0.3) is 5.91 Å². The van der Waals surface area contributed by atoms with E-state index in [0.29, 0.717) is 10.7 Å². The molecule has 1 heterocycles. The largest absolute Gasteiger partial charge is 0.395 e. The van der Waals surface area contributed by atoms with Gasteiger partial charge >= 0.3 is 0 Å². The summed E-state index contributed by atoms with van der Waals surface area (Å²) in [5.41, 5.74) is 8.93. The number of fused-ring (bicyclic) bond motifs is 1. The standard InChI is InChI=1S/C19H20ClN3O2S/c1-11-3-6-16(12(2)9-11)26-18-14-10-13(20)4-5-15(14)22-17(18)19(25)23-21-7-8-24/h3-6,9-10,21-22,24H,7-8H2,1-2H3,(H,23,25). The molecule has 2 aromatic carbocycles. The molecule has 136 valence electrons. The van der Waals surface area contributed by atoms with Crippen LogP contribution in [-0.2, 0) is 0 Å². The van der Waals surface area contributed by atoms with Gasteiger partial charge < -0.3 is 10.1 Å². The van der Waals surface area contributed by atoms with Gasteiger partial charge in [-0.15, -0.1) is 0 Å². The zero-order valence-electron chi connectivity index (χ0n) is 14.5. The second-order valence-corrected chi connectivity index (χ2v) is 7.48. The first-order valence-electron chi connectivity index (χ1n) is 8.20. The molecule has 0 atom stereocenters. The molecule has 0 aliphatic heterocycles. The molecule has 1 amide bonds. The third-order valence-electron chi connectivity index (χ3n) is 3.92. The predicted octanol–water partition coefficient (Wildman–Crippen LogP) is 3.82. The van der Waals surface area contributed by atoms with Crippen LogP contribution in [-0.4, -0.2) is 29.1 Å². The van der Waals surface area contributed by atoms with Gasteiger partial charge in [0.1, 0.15) is 5.69 Å². The average molecular weight is 390 g/mol. The van der Waals surface area contributed by atoms with E-state index < -0.39 is 0 Å². The van der Waals surface area contributed by atoms with Crippen molar-refractivity contribution in [3.63, 3.8) is 0 Å². The van der Waals surface area contributed by atoms with Crippen LogP contribution in [0.15, 0.2) is 46.2 Å². The van der Waals surface area contributed by atoms with Crippen molar-refractivity contribution in [2.45, 2.75) is 23.6 Å². The van der Waals surface area contributed by atoms with Crippen LogP contribution in [0.4, 0.5) is 0 Å². The van der Waals surface area contributed by atoms with Crippen LogP contribution in [0.3, 0.4) is 0 Å². The molecule has 3 aromatic rings. The Hall–Kier alpha value is -1.99. The van der Waals surface area contributed by atoms with E-state index in [0.717, 1.165) is 26.3 Å². The Morgan fingerprint density at radius 3 is 2.77 bits per heavy atom. The maximum absolute atomic E-state index is 12.6. The first-order valence-corrected chi connectivity index (χ1v) is 9.39. The minimum Gasteiger partial charge on any atom is -0.395 e. The smallest absolute Gasteiger partial charge is 0.282 e. The van der Waals surface area contributed by atoms with E-state index in [9.17, 15) is 4.79 Å². The average Bonchev–Trinajstić information content (AvgIpc) is 2.95. The lowest BCUT2D eigenvalue weighted by atomic mass is 10.2. The number of hydrazine groups is 1. The van der Waals surface area contributed by atoms with E-state index in [2.05, 4.69) is 47.9 Å². The van der Waals surface area contributed by atoms with Crippen molar-refractivity contribution in [3.8, 4) is 0 Å². The highest BCUT2D eigenvalue weighted by molar-refractivity contribution is 7.99. The fraction of sp³-hybridized carbons (Fsp3) is 0.211. The Morgan fingerprint density at radius 1 is 1.23 bits per heavy atom. The molecule has 1 aromatic heterocycles. The summed E-state index contributed by atoms with van der Waals surface area (Å²) in [6.07, 6.45) is 0. The summed E-state index contributed by atoms with van der Waals surface area (Å²) in [4.78, 5) is 17.7. The van der Waals surface area contributed by atoms with Crippen molar-refractivity contribution in [1.29, 1.82) is 0 Å². The van der Waals surface area contributed by atoms with Crippen LogP contribution >= 0.6 is 23.4 Å². The van der Waals surface area contributed by atoms with E-state index >= 15 is 0 Å². The minimum absolute atomic E-state index is 0.0627. The van der Waals surface area contributed by atoms with Gasteiger partial charge in [-0.25, -0.2) is 5.43 Å². The summed E-state index contributed by atoms with van der Waals surface area (Å²) < 4.78 is 0. The van der Waals surface area contributed by atoms with E-state index in [4.69, 9.17) is 16.7 Å². The van der Waals surface area contributed by atoms with Crippen molar-refractivity contribution in [1.82, 2.24) is 15.8 Å². The number of carbonyl (C=O) groups is 1. The molecule has 0 radical (unpaired) electrons. The quantitative estimate of drug-likeness (QED) is 0.382. The van der Waals surface area contributed by atoms with Crippen LogP contribution < -0.4 is 10.9 Å². The van der Waals surface area contributed by atoms with Crippen LogP contribution in [0.1, 0.15) is 21.6 Å². The molecule has 0 fully saturated rings. The van der Waals surface area contributed by atoms with Crippen molar-refractivity contribution >= 4 is 40.2 Å². The molecule has 0 saturated heterocycles. The maximum atomic E-state index is 12.6. The Labute approximate surface area is 161 Å². The number of nitrogens with one attached hydrogen (secondary N) is 3. The molecule has 0 spiro atoms. The minimum atomic E-state index is -0.293. The second-order valence-electron chi connectivity index (χ2n) is 5.99. The van der Waals surface area contributed by atoms with Gasteiger partial charge in [0.05, 0.1) is 11.5 Å². The number of hydrogen-bond donors (Lipinski definition) is 4. The first kappa shape index (κ1) is 18.8. The number of rotatable bonds is 6. The monoisotopic (exact) mass is 389 g/mol. The number of halogens is 1. The van der Waals surface area contributed by atoms with Crippen molar-refractivity contribution in [3.05, 3.63) is 58.2 Å². The summed E-state index contributed by atoms with van der Waals surface area (Å²) in [7, 11) is 0. The molecule has 0 unspecified atom stereocenters. The molecule has 0 aliphatic carbocycles. The number of aromatic nitrogens is 1. The number of carbonyl (C=O) groups excluding carboxylic acids is 1. The molecule has 0 saturated carbocycles. The predicted molar refractivity (Wildman–Crippen MR) is 106 cm³/mol. The summed E-state index contributed by atoms with van der Waals surface area (Å²) in [6.45, 7) is 4.32. The van der Waals surface area contributed by atoms with Gasteiger partial charge in [-0.1, -0.05) is 41.1 Å². The highest BCUT2D eigenvalue weighted by Gasteiger charge is 2.19. The van der Waals surface area contributed by atoms with Gasteiger partial charge in [0.15, 0.2) is 0 Å². The molecule has 7 heteroatoms. The molecule has 5 nitrogen and oxygen atoms in total. The summed E-state index contributed by atoms with van der Waals surface area (Å²) in [5.74, 6) is -0.293. The normalized spacial score (nSPS) is 11.1. The molecule has 0 aliphatic rings. The number of aliphatic hydroxyl groups is 1. The van der Waals surface area contributed by atoms with Crippen LogP contribution in [0, 0.1) is 13.8 Å². The molecular weight excluding hydrogens is 370 g/mol. The van der Waals surface area contributed by atoms with E-state index in [1.807, 2.05) is 12.1 Å². The summed E-state index contributed by atoms with van der Waals surface area (Å²) in [5, 5.41) is 10.4. The Morgan fingerprint density at radius 2 is 2.04 bits per heavy atom. The van der Waals surface area contributed by atoms with Crippen molar-refractivity contribution in [2.75, 3.05) is 13.2 Å². The lowest BCUT2D eigenvalue weighted by molar-refractivity contribution is 0.0923. The molecule has 0 bridgehead atoms. The van der Waals surface area contributed by atoms with Crippen LogP contribution in [0.5, 0.6) is 0 Å². The summed E-state index contributed by atoms with van der Waals surface area (Å²) >= 11 is 7.71. The van der Waals surface area contributed by atoms with E-state index in [1.54, 1.807) is 6.07 Å². The van der Waals surface area contributed by atoms with Crippen molar-refractivity contribution < 1.29 is 9.90 Å². The number of aryl methyl sites for hydroxylation is 2. The van der Waals surface area contributed by atoms with Gasteiger partial charge in [0, 0.05) is 27.4 Å². The Kier molecular flexibility index (Phi) is 5.88. The van der Waals surface area contributed by atoms with E-state index in [-0.39, 0.29) is 19.1 Å². The Balaban J connectivity index is 2.03. The topological polar surface area (TPSA) is 77.2 Å². The van der Waals surface area contributed by atoms with Crippen LogP contribution in [0.2, 0.25) is 5.02 Å². The van der Waals surface area contributed by atoms with Gasteiger partial charge in [-0.05, 0) is 43.7 Å². The third-order valence-corrected chi connectivity index (χ3v) is 5.46. The SMILES string of the molecule is Cc1ccc(Sc2c(C(=O)NNCCO)[nH]c3ccc(Cl)cc23)c(C)c1. The number of H-pyrrole nitrogens is 1. The first-order chi connectivity index (χ1) is 12.5. The number of amides is 1. The van der Waals surface area contributed by atoms with E-state index in [1.165, 1.54) is 17.3 Å². The number of benzene rings is 2. The fourth-order valence-electron chi connectivity index (χ4n) is 2.69. The highest BCUT2D eigenvalue weighted by Crippen LogP contribution is 2.39. The van der Waals surface area contributed by atoms with Gasteiger partial charge in [0.2, 0.25) is 0 Å². The molecular formula is C19H20ClN3O2S. The zero-order chi connectivity index (χ0) is 18.7. The zero-order valence-corrected chi connectivity index (χ0v) is 16.1. The van der Waals surface area contributed by atoms with Crippen LogP contribution in [0.25, 0.3) is 10.9 Å². The lowest BCUT2D eigenvalue weighted by Crippen LogP contribution is -2.39. The molecule has 3 rings (SSSR count). The fourth-order valence-corrected chi connectivity index (χ4v) is 3.96. The number of aliphatic hydroxyl groups excluding tert-OH is 1. The maximum Gasteiger partial charge on any atom is 0.282 e. The van der Waals surface area contributed by atoms with Gasteiger partial charge in [-0.3, -0.25) is 10.2 Å². The lowest BCUT2D eigenvalue weighted by Gasteiger charge is -2.09. The van der Waals surface area contributed by atoms with Crippen molar-refractivity contribution in [2.24, 2.45) is 0 Å². The molecule has 26 heavy (non-hydrogen) atoms. The summed E-state index contributed by atoms with van der Waals surface area (Å²) in [6, 6.07) is 11.7. The number of aromatic amines is 1. The van der Waals surface area contributed by atoms with Gasteiger partial charge in [-0.2, -0.15) is 0 Å². The third kappa shape index (κ3) is 4.04. The highest BCUT2D eigenvalue weighted by atomic mass is 35.5. The second kappa shape index (κ2) is 8.14. The number of hydrogen-bond acceptors (Lipinski definition) is 4. The molecule has 4 N–H and O–H groups in total.